The highest BCUT2D eigenvalue weighted by molar-refractivity contribution is 5.25. The predicted octanol–water partition coefficient (Wildman–Crippen LogP) is 3.80. The Hall–Kier alpha value is -1.03. The van der Waals surface area contributed by atoms with Crippen molar-refractivity contribution in [3.05, 3.63) is 35.1 Å². The number of benzene rings is 1. The van der Waals surface area contributed by atoms with Crippen LogP contribution in [0.5, 0.6) is 0 Å². The van der Waals surface area contributed by atoms with E-state index in [1.54, 1.807) is 0 Å². The van der Waals surface area contributed by atoms with Gasteiger partial charge in [0.15, 0.2) is 17.5 Å². The summed E-state index contributed by atoms with van der Waals surface area (Å²) in [5.41, 5.74) is -0.126. The van der Waals surface area contributed by atoms with Crippen LogP contribution in [0.1, 0.15) is 39.3 Å². The van der Waals surface area contributed by atoms with Crippen LogP contribution in [0, 0.1) is 22.9 Å². The maximum atomic E-state index is 13.7. The molecule has 1 aromatic rings. The summed E-state index contributed by atoms with van der Waals surface area (Å²) in [4.78, 5) is 0. The molecule has 0 heterocycles. The minimum atomic E-state index is -1.41. The summed E-state index contributed by atoms with van der Waals surface area (Å²) in [5.74, 6) is -3.67. The molecule has 0 aliphatic rings. The predicted molar refractivity (Wildman–Crippen MR) is 62.2 cm³/mol. The van der Waals surface area contributed by atoms with Gasteiger partial charge in [0.25, 0.3) is 0 Å². The topological polar surface area (TPSA) is 12.0 Å². The smallest absolute Gasteiger partial charge is 0.194 e. The van der Waals surface area contributed by atoms with E-state index in [4.69, 9.17) is 0 Å². The average molecular weight is 245 g/mol. The molecule has 0 saturated carbocycles. The normalized spacial score (nSPS) is 13.8. The third-order valence-electron chi connectivity index (χ3n) is 2.65. The Bertz CT molecular complexity index is 396. The van der Waals surface area contributed by atoms with Crippen molar-refractivity contribution in [3.8, 4) is 0 Å². The molecule has 0 aliphatic carbocycles. The lowest BCUT2D eigenvalue weighted by molar-refractivity contribution is 0.266. The lowest BCUT2D eigenvalue weighted by atomic mass is 9.82. The number of halogens is 3. The van der Waals surface area contributed by atoms with E-state index in [9.17, 15) is 13.2 Å². The van der Waals surface area contributed by atoms with E-state index >= 15 is 0 Å². The standard InChI is InChI=1S/C13H18F3N/c1-5-17-12(13(2,3)4)8-6-7-9(14)11(16)10(8)15/h6-7,12,17H,5H2,1-4H3. The van der Waals surface area contributed by atoms with Crippen LogP contribution < -0.4 is 5.32 Å². The molecule has 0 fully saturated rings. The van der Waals surface area contributed by atoms with Crippen molar-refractivity contribution < 1.29 is 13.2 Å². The fourth-order valence-electron chi connectivity index (χ4n) is 1.85. The van der Waals surface area contributed by atoms with E-state index in [0.717, 1.165) is 6.07 Å². The van der Waals surface area contributed by atoms with E-state index in [0.29, 0.717) is 6.54 Å². The van der Waals surface area contributed by atoms with Gasteiger partial charge in [-0.15, -0.1) is 0 Å². The highest BCUT2D eigenvalue weighted by Gasteiger charge is 2.29. The third-order valence-corrected chi connectivity index (χ3v) is 2.65. The van der Waals surface area contributed by atoms with Crippen LogP contribution in [0.25, 0.3) is 0 Å². The second-order valence-corrected chi connectivity index (χ2v) is 5.12. The first-order valence-corrected chi connectivity index (χ1v) is 5.65. The molecular formula is C13H18F3N. The zero-order chi connectivity index (χ0) is 13.2. The molecule has 0 amide bonds. The summed E-state index contributed by atoms with van der Waals surface area (Å²) in [6.07, 6.45) is 0. The third kappa shape index (κ3) is 3.00. The lowest BCUT2D eigenvalue weighted by Crippen LogP contribution is -2.33. The number of rotatable bonds is 3. The van der Waals surface area contributed by atoms with Crippen LogP contribution in [0.4, 0.5) is 13.2 Å². The van der Waals surface area contributed by atoms with Crippen molar-refractivity contribution in [1.29, 1.82) is 0 Å². The monoisotopic (exact) mass is 245 g/mol. The Morgan fingerprint density at radius 3 is 2.18 bits per heavy atom. The van der Waals surface area contributed by atoms with E-state index in [2.05, 4.69) is 5.32 Å². The second kappa shape index (κ2) is 5.08. The van der Waals surface area contributed by atoms with Gasteiger partial charge in [-0.1, -0.05) is 33.8 Å². The molecule has 17 heavy (non-hydrogen) atoms. The van der Waals surface area contributed by atoms with Crippen LogP contribution in [-0.2, 0) is 0 Å². The summed E-state index contributed by atoms with van der Waals surface area (Å²) in [6, 6.07) is 1.90. The molecule has 0 bridgehead atoms. The van der Waals surface area contributed by atoms with Crippen LogP contribution >= 0.6 is 0 Å². The van der Waals surface area contributed by atoms with Gasteiger partial charge in [-0.25, -0.2) is 13.2 Å². The zero-order valence-electron chi connectivity index (χ0n) is 10.6. The quantitative estimate of drug-likeness (QED) is 0.799. The first kappa shape index (κ1) is 14.0. The average Bonchev–Trinajstić information content (AvgIpc) is 2.22. The summed E-state index contributed by atoms with van der Waals surface area (Å²) in [7, 11) is 0. The lowest BCUT2D eigenvalue weighted by Gasteiger charge is -2.32. The van der Waals surface area contributed by atoms with Crippen molar-refractivity contribution in [3.63, 3.8) is 0 Å². The molecule has 0 radical (unpaired) electrons. The molecular weight excluding hydrogens is 227 g/mol. The van der Waals surface area contributed by atoms with Crippen LogP contribution in [-0.4, -0.2) is 6.54 Å². The molecule has 0 aromatic heterocycles. The van der Waals surface area contributed by atoms with Crippen molar-refractivity contribution in [2.75, 3.05) is 6.54 Å². The summed E-state index contributed by atoms with van der Waals surface area (Å²) in [6.45, 7) is 8.26. The first-order chi connectivity index (χ1) is 7.79. The zero-order valence-corrected chi connectivity index (χ0v) is 10.6. The molecule has 4 heteroatoms. The minimum Gasteiger partial charge on any atom is -0.310 e. The molecule has 1 atom stereocenters. The van der Waals surface area contributed by atoms with Gasteiger partial charge < -0.3 is 5.32 Å². The maximum Gasteiger partial charge on any atom is 0.194 e. The van der Waals surface area contributed by atoms with Gasteiger partial charge >= 0.3 is 0 Å². The van der Waals surface area contributed by atoms with E-state index in [1.165, 1.54) is 6.07 Å². The summed E-state index contributed by atoms with van der Waals surface area (Å²) >= 11 is 0. The van der Waals surface area contributed by atoms with Crippen molar-refractivity contribution in [2.24, 2.45) is 5.41 Å². The van der Waals surface area contributed by atoms with Crippen LogP contribution in [0.3, 0.4) is 0 Å². The Morgan fingerprint density at radius 2 is 1.71 bits per heavy atom. The summed E-state index contributed by atoms with van der Waals surface area (Å²) in [5, 5.41) is 3.10. The SMILES string of the molecule is CCNC(c1ccc(F)c(F)c1F)C(C)(C)C. The molecule has 1 nitrogen and oxygen atoms in total. The van der Waals surface area contributed by atoms with E-state index < -0.39 is 17.5 Å². The Morgan fingerprint density at radius 1 is 1.12 bits per heavy atom. The molecule has 1 N–H and O–H groups in total. The van der Waals surface area contributed by atoms with Gasteiger partial charge in [0, 0.05) is 11.6 Å². The molecule has 0 saturated heterocycles. The van der Waals surface area contributed by atoms with Gasteiger partial charge in [0.05, 0.1) is 0 Å². The van der Waals surface area contributed by atoms with Gasteiger partial charge in [0.1, 0.15) is 0 Å². The molecule has 96 valence electrons. The summed E-state index contributed by atoms with van der Waals surface area (Å²) < 4.78 is 39.8. The fraction of sp³-hybridized carbons (Fsp3) is 0.538. The van der Waals surface area contributed by atoms with Crippen molar-refractivity contribution >= 4 is 0 Å². The Labute approximate surface area is 100 Å². The van der Waals surface area contributed by atoms with E-state index in [1.807, 2.05) is 27.7 Å². The minimum absolute atomic E-state index is 0.165. The highest BCUT2D eigenvalue weighted by atomic mass is 19.2. The van der Waals surface area contributed by atoms with Crippen molar-refractivity contribution in [2.45, 2.75) is 33.7 Å². The molecule has 1 unspecified atom stereocenters. The van der Waals surface area contributed by atoms with Crippen molar-refractivity contribution in [1.82, 2.24) is 5.32 Å². The first-order valence-electron chi connectivity index (χ1n) is 5.65. The number of nitrogens with one attached hydrogen (secondary N) is 1. The highest BCUT2D eigenvalue weighted by Crippen LogP contribution is 2.34. The maximum absolute atomic E-state index is 13.7. The fourth-order valence-corrected chi connectivity index (χ4v) is 1.85. The largest absolute Gasteiger partial charge is 0.310 e. The molecule has 1 rings (SSSR count). The van der Waals surface area contributed by atoms with E-state index in [-0.39, 0.29) is 17.0 Å². The Kier molecular flexibility index (Phi) is 4.20. The van der Waals surface area contributed by atoms with Crippen LogP contribution in [0.2, 0.25) is 0 Å². The van der Waals surface area contributed by atoms with Gasteiger partial charge in [0.2, 0.25) is 0 Å². The Balaban J connectivity index is 3.25. The molecule has 0 spiro atoms. The number of hydrogen-bond acceptors (Lipinski definition) is 1. The second-order valence-electron chi connectivity index (χ2n) is 5.12. The van der Waals surface area contributed by atoms with Gasteiger partial charge in [-0.3, -0.25) is 0 Å². The number of hydrogen-bond donors (Lipinski definition) is 1. The van der Waals surface area contributed by atoms with Gasteiger partial charge in [-0.05, 0) is 18.0 Å². The molecule has 1 aromatic carbocycles. The molecule has 0 aliphatic heterocycles. The van der Waals surface area contributed by atoms with Crippen LogP contribution in [0.15, 0.2) is 12.1 Å². The van der Waals surface area contributed by atoms with Gasteiger partial charge in [-0.2, -0.15) is 0 Å².